The van der Waals surface area contributed by atoms with Crippen LogP contribution < -0.4 is 4.74 Å². The third kappa shape index (κ3) is 3.29. The average molecular weight is 370 g/mol. The van der Waals surface area contributed by atoms with Crippen molar-refractivity contribution in [3.63, 3.8) is 0 Å². The Morgan fingerprint density at radius 1 is 1.30 bits per heavy atom. The summed E-state index contributed by atoms with van der Waals surface area (Å²) in [7, 11) is 0. The van der Waals surface area contributed by atoms with Gasteiger partial charge in [0.05, 0.1) is 31.6 Å². The predicted molar refractivity (Wildman–Crippen MR) is 93.5 cm³/mol. The maximum Gasteiger partial charge on any atom is 0.276 e. The van der Waals surface area contributed by atoms with Gasteiger partial charge in [-0.15, -0.1) is 0 Å². The van der Waals surface area contributed by atoms with E-state index in [1.54, 1.807) is 23.4 Å². The Balaban J connectivity index is 1.19. The molecule has 0 unspecified atom stereocenters. The van der Waals surface area contributed by atoms with E-state index in [1.165, 1.54) is 0 Å². The molecule has 1 atom stereocenters. The smallest absolute Gasteiger partial charge is 0.276 e. The predicted octanol–water partition coefficient (Wildman–Crippen LogP) is 2.10. The molecular weight excluding hydrogens is 348 g/mol. The first-order chi connectivity index (χ1) is 13.1. The van der Waals surface area contributed by atoms with Crippen molar-refractivity contribution < 1.29 is 18.8 Å². The number of carbonyl (C=O) groups excluding carboxylic acids is 1. The molecule has 142 valence electrons. The first-order valence-electron chi connectivity index (χ1n) is 9.45. The molecule has 0 aromatic carbocycles. The summed E-state index contributed by atoms with van der Waals surface area (Å²) in [4.78, 5) is 22.9. The van der Waals surface area contributed by atoms with Gasteiger partial charge in [-0.05, 0) is 19.8 Å². The molecule has 1 saturated carbocycles. The summed E-state index contributed by atoms with van der Waals surface area (Å²) in [5, 5.41) is 3.95. The largest absolute Gasteiger partial charge is 0.473 e. The van der Waals surface area contributed by atoms with Crippen molar-refractivity contribution in [2.45, 2.75) is 50.2 Å². The lowest BCUT2D eigenvalue weighted by Crippen LogP contribution is -2.67. The van der Waals surface area contributed by atoms with Crippen LogP contribution in [0.4, 0.5) is 0 Å². The van der Waals surface area contributed by atoms with Crippen LogP contribution in [0.2, 0.25) is 0 Å². The maximum atomic E-state index is 12.6. The quantitative estimate of drug-likeness (QED) is 0.814. The second-order valence-corrected chi connectivity index (χ2v) is 7.81. The fraction of sp³-hybridized carbons (Fsp3) is 0.579. The van der Waals surface area contributed by atoms with Crippen LogP contribution in [0.15, 0.2) is 23.0 Å². The highest BCUT2D eigenvalue weighted by Crippen LogP contribution is 2.41. The van der Waals surface area contributed by atoms with Crippen LogP contribution in [0, 0.1) is 6.92 Å². The molecule has 2 aromatic heterocycles. The van der Waals surface area contributed by atoms with E-state index in [0.29, 0.717) is 37.2 Å². The fourth-order valence-corrected chi connectivity index (χ4v) is 3.88. The number of amides is 1. The third-order valence-electron chi connectivity index (χ3n) is 5.44. The van der Waals surface area contributed by atoms with Gasteiger partial charge >= 0.3 is 0 Å². The van der Waals surface area contributed by atoms with E-state index in [1.807, 2.05) is 6.92 Å². The van der Waals surface area contributed by atoms with Gasteiger partial charge in [0.15, 0.2) is 5.69 Å². The zero-order valence-corrected chi connectivity index (χ0v) is 15.3. The van der Waals surface area contributed by atoms with E-state index >= 15 is 0 Å². The summed E-state index contributed by atoms with van der Waals surface area (Å²) < 4.78 is 17.3. The number of hydrogen-bond donors (Lipinski definition) is 0. The van der Waals surface area contributed by atoms with E-state index < -0.39 is 0 Å². The minimum absolute atomic E-state index is 0.0145. The normalized spacial score (nSPS) is 23.9. The molecule has 1 amide bonds. The molecular formula is C19H22N4O4. The van der Waals surface area contributed by atoms with E-state index in [2.05, 4.69) is 15.1 Å². The first-order valence-corrected chi connectivity index (χ1v) is 9.45. The molecule has 3 aliphatic rings. The molecule has 0 bridgehead atoms. The van der Waals surface area contributed by atoms with Gasteiger partial charge < -0.3 is 18.9 Å². The van der Waals surface area contributed by atoms with Crippen molar-refractivity contribution in [3.8, 4) is 5.88 Å². The number of hydrogen-bond acceptors (Lipinski definition) is 7. The van der Waals surface area contributed by atoms with Crippen LogP contribution in [0.5, 0.6) is 5.88 Å². The SMILES string of the molecule is Cc1cncc(O[C@H]2CCOC3(C2)CN(C(=O)c2cc(C4CC4)on2)C3)n1. The molecule has 0 radical (unpaired) electrons. The van der Waals surface area contributed by atoms with E-state index in [4.69, 9.17) is 14.0 Å². The molecule has 2 aliphatic heterocycles. The van der Waals surface area contributed by atoms with Crippen molar-refractivity contribution >= 4 is 5.91 Å². The molecule has 5 rings (SSSR count). The van der Waals surface area contributed by atoms with Gasteiger partial charge in [-0.2, -0.15) is 0 Å². The zero-order chi connectivity index (χ0) is 18.4. The Morgan fingerprint density at radius 3 is 2.93 bits per heavy atom. The van der Waals surface area contributed by atoms with Crippen molar-refractivity contribution in [1.29, 1.82) is 0 Å². The third-order valence-corrected chi connectivity index (χ3v) is 5.44. The highest BCUT2D eigenvalue weighted by Gasteiger charge is 2.50. The lowest BCUT2D eigenvalue weighted by molar-refractivity contribution is -0.174. The fourth-order valence-electron chi connectivity index (χ4n) is 3.88. The Labute approximate surface area is 156 Å². The van der Waals surface area contributed by atoms with Gasteiger partial charge in [-0.3, -0.25) is 9.78 Å². The van der Waals surface area contributed by atoms with E-state index in [-0.39, 0.29) is 17.6 Å². The van der Waals surface area contributed by atoms with Gasteiger partial charge in [-0.25, -0.2) is 4.98 Å². The minimum atomic E-state index is -0.334. The van der Waals surface area contributed by atoms with Gasteiger partial charge in [-0.1, -0.05) is 5.16 Å². The molecule has 3 fully saturated rings. The van der Waals surface area contributed by atoms with Crippen LogP contribution >= 0.6 is 0 Å². The molecule has 2 aromatic rings. The molecule has 1 aliphatic carbocycles. The standard InChI is InChI=1S/C19H22N4O4/c1-12-8-20-9-17(21-12)26-14-4-5-25-19(7-14)10-23(11-19)18(24)15-6-16(27-22-15)13-2-3-13/h6,8-9,13-14H,2-5,7,10-11H2,1H3/t14-/m0/s1. The van der Waals surface area contributed by atoms with E-state index in [0.717, 1.165) is 37.1 Å². The number of aromatic nitrogens is 3. The van der Waals surface area contributed by atoms with Crippen LogP contribution in [0.25, 0.3) is 0 Å². The topological polar surface area (TPSA) is 90.6 Å². The van der Waals surface area contributed by atoms with Gasteiger partial charge in [0.25, 0.3) is 5.91 Å². The molecule has 2 saturated heterocycles. The maximum absolute atomic E-state index is 12.6. The second-order valence-electron chi connectivity index (χ2n) is 7.81. The van der Waals surface area contributed by atoms with Crippen molar-refractivity contribution in [1.82, 2.24) is 20.0 Å². The number of aryl methyl sites for hydroxylation is 1. The van der Waals surface area contributed by atoms with Crippen molar-refractivity contribution in [3.05, 3.63) is 35.6 Å². The Hall–Kier alpha value is -2.48. The number of nitrogens with zero attached hydrogens (tertiary/aromatic N) is 4. The molecule has 4 heterocycles. The number of likely N-dealkylation sites (tertiary alicyclic amines) is 1. The van der Waals surface area contributed by atoms with Crippen LogP contribution in [-0.4, -0.2) is 57.3 Å². The number of rotatable bonds is 4. The highest BCUT2D eigenvalue weighted by atomic mass is 16.5. The van der Waals surface area contributed by atoms with Crippen LogP contribution in [0.3, 0.4) is 0 Å². The second kappa shape index (κ2) is 6.30. The summed E-state index contributed by atoms with van der Waals surface area (Å²) in [6.07, 6.45) is 7.13. The Bertz CT molecular complexity index is 857. The van der Waals surface area contributed by atoms with Gasteiger partial charge in [0, 0.05) is 31.0 Å². The zero-order valence-electron chi connectivity index (χ0n) is 15.3. The van der Waals surface area contributed by atoms with Crippen molar-refractivity contribution in [2.75, 3.05) is 19.7 Å². The molecule has 1 spiro atoms. The summed E-state index contributed by atoms with van der Waals surface area (Å²) in [5.41, 5.74) is 0.886. The Kier molecular flexibility index (Phi) is 3.89. The van der Waals surface area contributed by atoms with Crippen molar-refractivity contribution in [2.24, 2.45) is 0 Å². The highest BCUT2D eigenvalue weighted by molar-refractivity contribution is 5.93. The first kappa shape index (κ1) is 16.7. The van der Waals surface area contributed by atoms with E-state index in [9.17, 15) is 4.79 Å². The van der Waals surface area contributed by atoms with Crippen LogP contribution in [0.1, 0.15) is 53.5 Å². The molecule has 0 N–H and O–H groups in total. The summed E-state index contributed by atoms with van der Waals surface area (Å²) in [6.45, 7) is 3.61. The number of ether oxygens (including phenoxy) is 2. The lowest BCUT2D eigenvalue weighted by Gasteiger charge is -2.52. The molecule has 8 heteroatoms. The monoisotopic (exact) mass is 370 g/mol. The molecule has 27 heavy (non-hydrogen) atoms. The van der Waals surface area contributed by atoms with Gasteiger partial charge in [0.2, 0.25) is 5.88 Å². The van der Waals surface area contributed by atoms with Gasteiger partial charge in [0.1, 0.15) is 17.5 Å². The summed E-state index contributed by atoms with van der Waals surface area (Å²) >= 11 is 0. The number of carbonyl (C=O) groups is 1. The minimum Gasteiger partial charge on any atom is -0.473 e. The van der Waals surface area contributed by atoms with Crippen LogP contribution in [-0.2, 0) is 4.74 Å². The Morgan fingerprint density at radius 2 is 2.15 bits per heavy atom. The molecule has 8 nitrogen and oxygen atoms in total. The average Bonchev–Trinajstić information content (AvgIpc) is 3.36. The summed E-state index contributed by atoms with van der Waals surface area (Å²) in [5.74, 6) is 1.73. The summed E-state index contributed by atoms with van der Waals surface area (Å²) in [6, 6.07) is 1.79. The lowest BCUT2D eigenvalue weighted by atomic mass is 9.84.